The van der Waals surface area contributed by atoms with Crippen molar-refractivity contribution in [3.8, 4) is 11.5 Å². The summed E-state index contributed by atoms with van der Waals surface area (Å²) in [5, 5.41) is 0. The molecule has 5 rings (SSSR count). The molecule has 4 heteroatoms. The number of thiophene rings is 1. The van der Waals surface area contributed by atoms with Crippen molar-refractivity contribution in [2.24, 2.45) is 0 Å². The molecule has 0 unspecified atom stereocenters. The van der Waals surface area contributed by atoms with Crippen molar-refractivity contribution in [2.45, 2.75) is 60.0 Å². The molecule has 2 aromatic heterocycles. The Labute approximate surface area is 201 Å². The van der Waals surface area contributed by atoms with Crippen molar-refractivity contribution in [1.29, 1.82) is 0 Å². The molecule has 0 radical (unpaired) electrons. The minimum atomic E-state index is 0.263. The van der Waals surface area contributed by atoms with Gasteiger partial charge in [-0.15, -0.1) is 11.3 Å². The van der Waals surface area contributed by atoms with Crippen molar-refractivity contribution in [1.82, 2.24) is 9.88 Å². The third kappa shape index (κ3) is 4.07. The van der Waals surface area contributed by atoms with Crippen molar-refractivity contribution in [3.63, 3.8) is 0 Å². The van der Waals surface area contributed by atoms with Gasteiger partial charge in [0.15, 0.2) is 0 Å². The van der Waals surface area contributed by atoms with Gasteiger partial charge in [-0.2, -0.15) is 0 Å². The molecule has 0 amide bonds. The van der Waals surface area contributed by atoms with E-state index in [0.717, 1.165) is 48.8 Å². The number of nitrogens with zero attached hydrogens (tertiary/aromatic N) is 2. The zero-order valence-corrected chi connectivity index (χ0v) is 21.1. The Hall–Kier alpha value is -2.69. The molecule has 0 spiro atoms. The van der Waals surface area contributed by atoms with Crippen LogP contribution in [0.4, 0.5) is 0 Å². The Morgan fingerprint density at radius 3 is 2.61 bits per heavy atom. The Bertz CT molecular complexity index is 1280. The smallest absolute Gasteiger partial charge is 0.226 e. The average Bonchev–Trinajstić information content (AvgIpc) is 3.34. The first-order chi connectivity index (χ1) is 16.0. The molecule has 0 fully saturated rings. The molecule has 170 valence electrons. The van der Waals surface area contributed by atoms with Crippen LogP contribution in [0.5, 0.6) is 0 Å². The molecule has 4 aromatic rings. The van der Waals surface area contributed by atoms with E-state index in [4.69, 9.17) is 9.40 Å². The second-order valence-electron chi connectivity index (χ2n) is 9.21. The summed E-state index contributed by atoms with van der Waals surface area (Å²) in [5.74, 6) is 1.65. The van der Waals surface area contributed by atoms with Gasteiger partial charge in [0, 0.05) is 28.4 Å². The maximum absolute atomic E-state index is 6.19. The Balaban J connectivity index is 1.52. The Morgan fingerprint density at radius 1 is 1.06 bits per heavy atom. The Morgan fingerprint density at radius 2 is 1.85 bits per heavy atom. The number of rotatable bonds is 5. The van der Waals surface area contributed by atoms with Crippen LogP contribution in [0.3, 0.4) is 0 Å². The van der Waals surface area contributed by atoms with Gasteiger partial charge in [-0.3, -0.25) is 4.90 Å². The van der Waals surface area contributed by atoms with E-state index in [1.807, 2.05) is 18.3 Å². The molecule has 0 saturated heterocycles. The summed E-state index contributed by atoms with van der Waals surface area (Å²) < 4.78 is 6.19. The lowest BCUT2D eigenvalue weighted by atomic mass is 9.91. The maximum atomic E-state index is 6.19. The number of hydrogen-bond donors (Lipinski definition) is 0. The highest BCUT2D eigenvalue weighted by atomic mass is 32.1. The van der Waals surface area contributed by atoms with E-state index in [2.05, 4.69) is 81.1 Å². The first-order valence-electron chi connectivity index (χ1n) is 11.9. The van der Waals surface area contributed by atoms with Crippen LogP contribution in [0.1, 0.15) is 62.0 Å². The number of aryl methyl sites for hydroxylation is 4. The van der Waals surface area contributed by atoms with E-state index in [0.29, 0.717) is 0 Å². The minimum Gasteiger partial charge on any atom is -0.441 e. The molecule has 1 aliphatic heterocycles. The predicted molar refractivity (Wildman–Crippen MR) is 137 cm³/mol. The number of hydrogen-bond acceptors (Lipinski definition) is 4. The van der Waals surface area contributed by atoms with Crippen LogP contribution in [-0.2, 0) is 19.4 Å². The lowest BCUT2D eigenvalue weighted by Gasteiger charge is -2.36. The molecule has 0 N–H and O–H groups in total. The first-order valence-corrected chi connectivity index (χ1v) is 12.7. The van der Waals surface area contributed by atoms with Crippen LogP contribution in [0, 0.1) is 27.7 Å². The van der Waals surface area contributed by atoms with Crippen LogP contribution in [0.2, 0.25) is 0 Å². The van der Waals surface area contributed by atoms with Crippen LogP contribution < -0.4 is 0 Å². The third-order valence-electron chi connectivity index (χ3n) is 6.95. The quantitative estimate of drug-likeness (QED) is 0.314. The molecular formula is C29H32N2OS. The average molecular weight is 457 g/mol. The minimum absolute atomic E-state index is 0.263. The van der Waals surface area contributed by atoms with E-state index in [1.54, 1.807) is 11.1 Å². The normalized spacial score (nSPS) is 16.2. The summed E-state index contributed by atoms with van der Waals surface area (Å²) >= 11 is 1.98. The zero-order chi connectivity index (χ0) is 23.1. The van der Waals surface area contributed by atoms with E-state index in [1.165, 1.54) is 26.4 Å². The number of fused-ring (bicyclic) bond motifs is 1. The highest BCUT2D eigenvalue weighted by Gasteiger charge is 2.33. The summed E-state index contributed by atoms with van der Waals surface area (Å²) in [7, 11) is 0. The molecule has 1 aliphatic rings. The van der Waals surface area contributed by atoms with E-state index in [9.17, 15) is 0 Å². The van der Waals surface area contributed by atoms with Crippen molar-refractivity contribution < 1.29 is 4.42 Å². The summed E-state index contributed by atoms with van der Waals surface area (Å²) in [4.78, 5) is 10.6. The van der Waals surface area contributed by atoms with Gasteiger partial charge in [0.2, 0.25) is 5.89 Å². The van der Waals surface area contributed by atoms with Gasteiger partial charge in [-0.1, -0.05) is 55.0 Å². The van der Waals surface area contributed by atoms with Gasteiger partial charge in [0.05, 0.1) is 11.7 Å². The molecule has 2 aromatic carbocycles. The van der Waals surface area contributed by atoms with Gasteiger partial charge < -0.3 is 4.42 Å². The fourth-order valence-corrected chi connectivity index (χ4v) is 6.64. The maximum Gasteiger partial charge on any atom is 0.226 e. The van der Waals surface area contributed by atoms with E-state index < -0.39 is 0 Å². The van der Waals surface area contributed by atoms with Gasteiger partial charge in [0.1, 0.15) is 5.76 Å². The SMILES string of the molecule is CCc1c(C)sc2c1CCN(Cc1nc(-c3cc(C)ccc3C)oc1C)[C@H]2c1ccccc1. The molecule has 3 nitrogen and oxygen atoms in total. The van der Waals surface area contributed by atoms with Crippen LogP contribution >= 0.6 is 11.3 Å². The highest BCUT2D eigenvalue weighted by Crippen LogP contribution is 2.43. The van der Waals surface area contributed by atoms with Crippen LogP contribution in [0.25, 0.3) is 11.5 Å². The summed E-state index contributed by atoms with van der Waals surface area (Å²) in [6.07, 6.45) is 2.22. The van der Waals surface area contributed by atoms with Crippen LogP contribution in [-0.4, -0.2) is 16.4 Å². The molecular weight excluding hydrogens is 424 g/mol. The molecule has 0 saturated carbocycles. The predicted octanol–water partition coefficient (Wildman–Crippen LogP) is 7.35. The fourth-order valence-electron chi connectivity index (χ4n) is 5.17. The number of aromatic nitrogens is 1. The molecule has 0 aliphatic carbocycles. The lowest BCUT2D eigenvalue weighted by Crippen LogP contribution is -2.35. The topological polar surface area (TPSA) is 29.3 Å². The third-order valence-corrected chi connectivity index (χ3v) is 8.19. The summed E-state index contributed by atoms with van der Waals surface area (Å²) in [5.41, 5.74) is 9.05. The second-order valence-corrected chi connectivity index (χ2v) is 10.5. The Kier molecular flexibility index (Phi) is 5.98. The van der Waals surface area contributed by atoms with Gasteiger partial charge in [0.25, 0.3) is 0 Å². The second kappa shape index (κ2) is 8.92. The molecule has 1 atom stereocenters. The first kappa shape index (κ1) is 22.1. The molecule has 33 heavy (non-hydrogen) atoms. The van der Waals surface area contributed by atoms with Crippen molar-refractivity contribution >= 4 is 11.3 Å². The number of oxazole rings is 1. The van der Waals surface area contributed by atoms with E-state index in [-0.39, 0.29) is 6.04 Å². The largest absolute Gasteiger partial charge is 0.441 e. The number of benzene rings is 2. The van der Waals surface area contributed by atoms with Gasteiger partial charge >= 0.3 is 0 Å². The van der Waals surface area contributed by atoms with Crippen LogP contribution in [0.15, 0.2) is 52.9 Å². The van der Waals surface area contributed by atoms with E-state index >= 15 is 0 Å². The zero-order valence-electron chi connectivity index (χ0n) is 20.2. The standard InChI is InChI=1S/C29H32N2OS/c1-6-23-21(5)33-28-24(23)14-15-31(27(28)22-10-8-7-9-11-22)17-26-20(4)32-29(30-26)25-16-18(2)12-13-19(25)3/h7-13,16,27H,6,14-15,17H2,1-5H3/t27-/m0/s1. The fraction of sp³-hybridized carbons (Fsp3) is 0.345. The van der Waals surface area contributed by atoms with Gasteiger partial charge in [-0.25, -0.2) is 4.98 Å². The van der Waals surface area contributed by atoms with Crippen molar-refractivity contribution in [3.05, 3.63) is 97.6 Å². The van der Waals surface area contributed by atoms with Crippen molar-refractivity contribution in [2.75, 3.05) is 6.54 Å². The molecule has 0 bridgehead atoms. The lowest BCUT2D eigenvalue weighted by molar-refractivity contribution is 0.204. The monoisotopic (exact) mass is 456 g/mol. The summed E-state index contributed by atoms with van der Waals surface area (Å²) in [6.45, 7) is 12.7. The summed E-state index contributed by atoms with van der Waals surface area (Å²) in [6, 6.07) is 17.7. The highest BCUT2D eigenvalue weighted by molar-refractivity contribution is 7.12. The van der Waals surface area contributed by atoms with Gasteiger partial charge in [-0.05, 0) is 68.9 Å². The molecule has 3 heterocycles.